The second-order valence-corrected chi connectivity index (χ2v) is 9.48. The summed E-state index contributed by atoms with van der Waals surface area (Å²) < 4.78 is 27.5. The molecule has 1 N–H and O–H groups in total. The van der Waals surface area contributed by atoms with Crippen molar-refractivity contribution in [3.8, 4) is 23.0 Å². The fraction of sp³-hybridized carbons (Fsp3) is 0.448. The molecule has 2 aromatic rings. The molecule has 1 aliphatic heterocycles. The summed E-state index contributed by atoms with van der Waals surface area (Å²) in [6.45, 7) is 7.20. The van der Waals surface area contributed by atoms with Gasteiger partial charge in [0, 0.05) is 25.8 Å². The molecule has 0 spiro atoms. The van der Waals surface area contributed by atoms with Crippen LogP contribution in [-0.2, 0) is 14.3 Å². The van der Waals surface area contributed by atoms with E-state index in [9.17, 15) is 14.7 Å². The highest BCUT2D eigenvalue weighted by atomic mass is 16.5. The molecule has 1 heterocycles. The maximum Gasteiger partial charge on any atom is 0.295 e. The number of ether oxygens (including phenoxy) is 5. The number of aliphatic hydroxyl groups excluding tert-OH is 1. The van der Waals surface area contributed by atoms with Crippen molar-refractivity contribution in [2.24, 2.45) is 5.92 Å². The lowest BCUT2D eigenvalue weighted by atomic mass is 9.94. The fourth-order valence-electron chi connectivity index (χ4n) is 4.47. The van der Waals surface area contributed by atoms with Crippen LogP contribution in [0.2, 0.25) is 0 Å². The largest absolute Gasteiger partial charge is 0.507 e. The summed E-state index contributed by atoms with van der Waals surface area (Å²) in [7, 11) is 6.04. The van der Waals surface area contributed by atoms with Crippen LogP contribution in [0.3, 0.4) is 0 Å². The first kappa shape index (κ1) is 28.8. The van der Waals surface area contributed by atoms with Crippen LogP contribution in [0.5, 0.6) is 23.0 Å². The number of methoxy groups -OCH3 is 4. The lowest BCUT2D eigenvalue weighted by molar-refractivity contribution is -0.140. The number of ketones is 1. The standard InChI is InChI=1S/C29H37NO8/c1-17(2)16-38-21-10-9-19(13-18(21)3)26(31)24-25(30(11-8-12-34-4)29(33)27(24)32)20-14-22(35-5)28(37-7)23(15-20)36-6/h9-10,13-15,17,25,31H,8,11-12,16H2,1-7H3. The molecule has 9 nitrogen and oxygen atoms in total. The van der Waals surface area contributed by atoms with Gasteiger partial charge in [-0.3, -0.25) is 9.59 Å². The number of nitrogens with zero attached hydrogens (tertiary/aromatic N) is 1. The van der Waals surface area contributed by atoms with E-state index < -0.39 is 17.7 Å². The summed E-state index contributed by atoms with van der Waals surface area (Å²) in [6.07, 6.45) is 0.505. The maximum absolute atomic E-state index is 13.4. The quantitative estimate of drug-likeness (QED) is 0.186. The Labute approximate surface area is 223 Å². The molecule has 1 fully saturated rings. The smallest absolute Gasteiger partial charge is 0.295 e. The Hall–Kier alpha value is -3.72. The van der Waals surface area contributed by atoms with E-state index in [0.29, 0.717) is 59.7 Å². The molecular weight excluding hydrogens is 490 g/mol. The normalized spacial score (nSPS) is 16.7. The number of Topliss-reactive ketones (excluding diaryl/α,β-unsaturated/α-hetero) is 1. The summed E-state index contributed by atoms with van der Waals surface area (Å²) in [4.78, 5) is 28.0. The van der Waals surface area contributed by atoms with Crippen molar-refractivity contribution in [3.63, 3.8) is 0 Å². The Balaban J connectivity index is 2.17. The van der Waals surface area contributed by atoms with Crippen LogP contribution in [-0.4, -0.2) is 69.9 Å². The molecule has 1 saturated heterocycles. The molecule has 1 amide bonds. The third-order valence-electron chi connectivity index (χ3n) is 6.31. The number of amides is 1. The van der Waals surface area contributed by atoms with Gasteiger partial charge in [-0.2, -0.15) is 0 Å². The number of carbonyl (C=O) groups is 2. The van der Waals surface area contributed by atoms with Crippen molar-refractivity contribution < 1.29 is 38.4 Å². The Morgan fingerprint density at radius 1 is 0.974 bits per heavy atom. The highest BCUT2D eigenvalue weighted by Crippen LogP contribution is 2.46. The molecule has 1 unspecified atom stereocenters. The third-order valence-corrected chi connectivity index (χ3v) is 6.31. The Bertz CT molecular complexity index is 1180. The predicted octanol–water partition coefficient (Wildman–Crippen LogP) is 4.51. The van der Waals surface area contributed by atoms with Crippen LogP contribution in [0.25, 0.3) is 5.76 Å². The molecule has 1 aliphatic rings. The van der Waals surface area contributed by atoms with Gasteiger partial charge in [-0.25, -0.2) is 0 Å². The van der Waals surface area contributed by atoms with Gasteiger partial charge in [0.2, 0.25) is 5.75 Å². The van der Waals surface area contributed by atoms with Gasteiger partial charge in [-0.15, -0.1) is 0 Å². The van der Waals surface area contributed by atoms with E-state index in [-0.39, 0.29) is 17.9 Å². The van der Waals surface area contributed by atoms with E-state index in [2.05, 4.69) is 13.8 Å². The number of hydrogen-bond acceptors (Lipinski definition) is 8. The maximum atomic E-state index is 13.4. The van der Waals surface area contributed by atoms with Gasteiger partial charge in [0.15, 0.2) is 11.5 Å². The van der Waals surface area contributed by atoms with E-state index in [0.717, 1.165) is 5.56 Å². The highest BCUT2D eigenvalue weighted by molar-refractivity contribution is 6.46. The summed E-state index contributed by atoms with van der Waals surface area (Å²) in [5, 5.41) is 11.4. The number of rotatable bonds is 12. The zero-order valence-corrected chi connectivity index (χ0v) is 23.1. The van der Waals surface area contributed by atoms with Crippen LogP contribution < -0.4 is 18.9 Å². The molecule has 1 atom stereocenters. The molecule has 38 heavy (non-hydrogen) atoms. The van der Waals surface area contributed by atoms with Crippen molar-refractivity contribution in [3.05, 3.63) is 52.6 Å². The molecule has 0 saturated carbocycles. The first-order valence-electron chi connectivity index (χ1n) is 12.5. The van der Waals surface area contributed by atoms with Gasteiger partial charge in [0.25, 0.3) is 11.7 Å². The van der Waals surface area contributed by atoms with Gasteiger partial charge < -0.3 is 33.7 Å². The minimum atomic E-state index is -0.877. The van der Waals surface area contributed by atoms with Crippen LogP contribution in [0.4, 0.5) is 0 Å². The summed E-state index contributed by atoms with van der Waals surface area (Å²) in [5.74, 6) is 0.425. The molecule has 0 radical (unpaired) electrons. The van der Waals surface area contributed by atoms with Gasteiger partial charge in [0.1, 0.15) is 11.5 Å². The summed E-state index contributed by atoms with van der Waals surface area (Å²) >= 11 is 0. The Morgan fingerprint density at radius 3 is 2.16 bits per heavy atom. The molecule has 9 heteroatoms. The third kappa shape index (κ3) is 5.88. The van der Waals surface area contributed by atoms with Gasteiger partial charge in [0.05, 0.1) is 39.6 Å². The SMILES string of the molecule is COCCCN1C(=O)C(=O)C(=C(O)c2ccc(OCC(C)C)c(C)c2)C1c1cc(OC)c(OC)c(OC)c1. The average molecular weight is 528 g/mol. The van der Waals surface area contributed by atoms with Gasteiger partial charge >= 0.3 is 0 Å². The van der Waals surface area contributed by atoms with Crippen molar-refractivity contribution in [2.75, 3.05) is 48.2 Å². The number of aliphatic hydroxyl groups is 1. The highest BCUT2D eigenvalue weighted by Gasteiger charge is 2.46. The van der Waals surface area contributed by atoms with E-state index in [1.54, 1.807) is 37.4 Å². The van der Waals surface area contributed by atoms with Gasteiger partial charge in [-0.1, -0.05) is 13.8 Å². The van der Waals surface area contributed by atoms with Crippen molar-refractivity contribution >= 4 is 17.4 Å². The van der Waals surface area contributed by atoms with Crippen LogP contribution in [0.15, 0.2) is 35.9 Å². The lowest BCUT2D eigenvalue weighted by Gasteiger charge is -2.26. The van der Waals surface area contributed by atoms with Gasteiger partial charge in [-0.05, 0) is 60.7 Å². The topological polar surface area (TPSA) is 104 Å². The van der Waals surface area contributed by atoms with E-state index in [1.807, 2.05) is 6.92 Å². The van der Waals surface area contributed by atoms with E-state index in [4.69, 9.17) is 23.7 Å². The number of hydrogen-bond donors (Lipinski definition) is 1. The molecule has 2 aromatic carbocycles. The van der Waals surface area contributed by atoms with Crippen molar-refractivity contribution in [1.82, 2.24) is 4.90 Å². The van der Waals surface area contributed by atoms with Crippen molar-refractivity contribution in [1.29, 1.82) is 0 Å². The number of aryl methyl sites for hydroxylation is 1. The minimum absolute atomic E-state index is 0.0167. The molecular formula is C29H37NO8. The molecule has 0 bridgehead atoms. The summed E-state index contributed by atoms with van der Waals surface area (Å²) in [6, 6.07) is 7.68. The monoisotopic (exact) mass is 527 g/mol. The predicted molar refractivity (Wildman–Crippen MR) is 143 cm³/mol. The van der Waals surface area contributed by atoms with Crippen LogP contribution >= 0.6 is 0 Å². The number of likely N-dealkylation sites (tertiary alicyclic amines) is 1. The Morgan fingerprint density at radius 2 is 1.63 bits per heavy atom. The lowest BCUT2D eigenvalue weighted by Crippen LogP contribution is -2.31. The first-order chi connectivity index (χ1) is 18.2. The second-order valence-electron chi connectivity index (χ2n) is 9.48. The number of carbonyl (C=O) groups excluding carboxylic acids is 2. The molecule has 3 rings (SSSR count). The van der Waals surface area contributed by atoms with Crippen LogP contribution in [0, 0.1) is 12.8 Å². The number of benzene rings is 2. The second kappa shape index (κ2) is 12.7. The summed E-state index contributed by atoms with van der Waals surface area (Å²) in [5.41, 5.74) is 1.73. The van der Waals surface area contributed by atoms with Crippen molar-refractivity contribution in [2.45, 2.75) is 33.2 Å². The zero-order chi connectivity index (χ0) is 28.0. The zero-order valence-electron chi connectivity index (χ0n) is 23.1. The minimum Gasteiger partial charge on any atom is -0.507 e. The fourth-order valence-corrected chi connectivity index (χ4v) is 4.47. The molecule has 0 aliphatic carbocycles. The molecule has 0 aromatic heterocycles. The Kier molecular flexibility index (Phi) is 9.63. The average Bonchev–Trinajstić information content (AvgIpc) is 3.16. The van der Waals surface area contributed by atoms with E-state index in [1.165, 1.54) is 26.2 Å². The van der Waals surface area contributed by atoms with E-state index >= 15 is 0 Å². The molecule has 206 valence electrons. The van der Waals surface area contributed by atoms with Crippen LogP contribution in [0.1, 0.15) is 43.0 Å². The first-order valence-corrected chi connectivity index (χ1v) is 12.5.